The molecule has 0 aromatic rings. The van der Waals surface area contributed by atoms with Crippen LogP contribution in [0.3, 0.4) is 0 Å². The second kappa shape index (κ2) is 8.46. The average Bonchev–Trinajstić information content (AvgIpc) is 2.25. The highest BCUT2D eigenvalue weighted by Crippen LogP contribution is 2.16. The predicted octanol–water partition coefficient (Wildman–Crippen LogP) is 1.80. The van der Waals surface area contributed by atoms with E-state index in [2.05, 4.69) is 62.8 Å². The van der Waals surface area contributed by atoms with Crippen LogP contribution in [0.2, 0.25) is 0 Å². The maximum Gasteiger partial charge on any atom is 0.0635 e. The molecule has 0 rings (SSSR count). The summed E-state index contributed by atoms with van der Waals surface area (Å²) in [5.74, 6) is 0. The van der Waals surface area contributed by atoms with Crippen molar-refractivity contribution in [3.05, 3.63) is 0 Å². The number of nitrogens with zero attached hydrogens (tertiary/aromatic N) is 4. The zero-order valence-corrected chi connectivity index (χ0v) is 12.3. The number of nitriles is 1. The van der Waals surface area contributed by atoms with Crippen LogP contribution in [0.15, 0.2) is 0 Å². The fraction of sp³-hybridized carbons (Fsp3) is 0.923. The Balaban J connectivity index is 4.88. The van der Waals surface area contributed by atoms with Gasteiger partial charge in [0.05, 0.1) is 18.4 Å². The van der Waals surface area contributed by atoms with E-state index in [4.69, 9.17) is 5.26 Å². The normalized spacial score (nSPS) is 15.3. The molecule has 2 atom stereocenters. The van der Waals surface area contributed by atoms with Gasteiger partial charge in [0.2, 0.25) is 0 Å². The highest BCUT2D eigenvalue weighted by atomic mass is 15.4. The SMILES string of the molecule is CCC(N(C)C)N(CCC#N)C(CC)N(C)C. The first-order valence-corrected chi connectivity index (χ1v) is 6.45. The zero-order valence-electron chi connectivity index (χ0n) is 12.3. The highest BCUT2D eigenvalue weighted by Gasteiger charge is 2.26. The fourth-order valence-electron chi connectivity index (χ4n) is 2.47. The van der Waals surface area contributed by atoms with Gasteiger partial charge in [-0.3, -0.25) is 14.7 Å². The first-order chi connectivity index (χ1) is 7.99. The Kier molecular flexibility index (Phi) is 8.15. The van der Waals surface area contributed by atoms with E-state index in [0.717, 1.165) is 19.4 Å². The van der Waals surface area contributed by atoms with Gasteiger partial charge in [-0.1, -0.05) is 13.8 Å². The van der Waals surface area contributed by atoms with Gasteiger partial charge in [-0.05, 0) is 41.0 Å². The minimum absolute atomic E-state index is 0.399. The van der Waals surface area contributed by atoms with E-state index in [0.29, 0.717) is 18.8 Å². The minimum atomic E-state index is 0.399. The Morgan fingerprint density at radius 3 is 1.59 bits per heavy atom. The van der Waals surface area contributed by atoms with Crippen LogP contribution in [0.1, 0.15) is 33.1 Å². The van der Waals surface area contributed by atoms with E-state index in [9.17, 15) is 0 Å². The van der Waals surface area contributed by atoms with Crippen LogP contribution in [0.5, 0.6) is 0 Å². The fourth-order valence-corrected chi connectivity index (χ4v) is 2.47. The molecule has 100 valence electrons. The molecule has 17 heavy (non-hydrogen) atoms. The monoisotopic (exact) mass is 240 g/mol. The van der Waals surface area contributed by atoms with E-state index in [-0.39, 0.29) is 0 Å². The van der Waals surface area contributed by atoms with Gasteiger partial charge in [0.1, 0.15) is 0 Å². The smallest absolute Gasteiger partial charge is 0.0635 e. The molecule has 0 fully saturated rings. The molecule has 0 aromatic heterocycles. The van der Waals surface area contributed by atoms with Crippen molar-refractivity contribution in [3.8, 4) is 6.07 Å². The Bertz CT molecular complexity index is 216. The van der Waals surface area contributed by atoms with Crippen molar-refractivity contribution in [1.82, 2.24) is 14.7 Å². The number of hydrogen-bond donors (Lipinski definition) is 0. The summed E-state index contributed by atoms with van der Waals surface area (Å²) in [6.45, 7) is 5.24. The predicted molar refractivity (Wildman–Crippen MR) is 72.5 cm³/mol. The molecular formula is C13H28N4. The second-order valence-electron chi connectivity index (χ2n) is 4.85. The van der Waals surface area contributed by atoms with Crippen molar-refractivity contribution < 1.29 is 0 Å². The molecule has 0 saturated carbocycles. The maximum atomic E-state index is 8.80. The Hall–Kier alpha value is -0.630. The first-order valence-electron chi connectivity index (χ1n) is 6.45. The van der Waals surface area contributed by atoms with Gasteiger partial charge in [0.25, 0.3) is 0 Å². The number of rotatable bonds is 8. The molecule has 0 aliphatic carbocycles. The lowest BCUT2D eigenvalue weighted by Crippen LogP contribution is -2.54. The van der Waals surface area contributed by atoms with Crippen molar-refractivity contribution in [2.45, 2.75) is 45.4 Å². The third kappa shape index (κ3) is 5.03. The highest BCUT2D eigenvalue weighted by molar-refractivity contribution is 4.80. The molecule has 0 aromatic carbocycles. The van der Waals surface area contributed by atoms with E-state index in [1.165, 1.54) is 0 Å². The quantitative estimate of drug-likeness (QED) is 0.606. The molecule has 0 bridgehead atoms. The van der Waals surface area contributed by atoms with Crippen LogP contribution in [0, 0.1) is 11.3 Å². The second-order valence-corrected chi connectivity index (χ2v) is 4.85. The molecule has 2 unspecified atom stereocenters. The van der Waals surface area contributed by atoms with Crippen molar-refractivity contribution >= 4 is 0 Å². The van der Waals surface area contributed by atoms with Gasteiger partial charge in [0.15, 0.2) is 0 Å². The summed E-state index contributed by atoms with van der Waals surface area (Å²) in [6, 6.07) is 2.26. The topological polar surface area (TPSA) is 33.5 Å². The zero-order chi connectivity index (χ0) is 13.4. The van der Waals surface area contributed by atoms with Crippen LogP contribution >= 0.6 is 0 Å². The molecule has 0 aliphatic rings. The molecule has 0 N–H and O–H groups in total. The first kappa shape index (κ1) is 16.4. The molecule has 0 heterocycles. The molecule has 0 amide bonds. The van der Waals surface area contributed by atoms with E-state index in [1.54, 1.807) is 0 Å². The number of hydrogen-bond acceptors (Lipinski definition) is 4. The Morgan fingerprint density at radius 2 is 1.35 bits per heavy atom. The summed E-state index contributed by atoms with van der Waals surface area (Å²) in [5.41, 5.74) is 0. The van der Waals surface area contributed by atoms with Crippen molar-refractivity contribution in [3.63, 3.8) is 0 Å². The van der Waals surface area contributed by atoms with Gasteiger partial charge < -0.3 is 0 Å². The van der Waals surface area contributed by atoms with Crippen LogP contribution in [-0.2, 0) is 0 Å². The van der Waals surface area contributed by atoms with Crippen molar-refractivity contribution in [2.24, 2.45) is 0 Å². The van der Waals surface area contributed by atoms with E-state index >= 15 is 0 Å². The minimum Gasteiger partial charge on any atom is -0.294 e. The molecule has 4 heteroatoms. The molecule has 4 nitrogen and oxygen atoms in total. The third-order valence-electron chi connectivity index (χ3n) is 3.17. The average molecular weight is 240 g/mol. The summed E-state index contributed by atoms with van der Waals surface area (Å²) < 4.78 is 0. The largest absolute Gasteiger partial charge is 0.294 e. The van der Waals surface area contributed by atoms with Gasteiger partial charge in [-0.15, -0.1) is 0 Å². The molecule has 0 spiro atoms. The summed E-state index contributed by atoms with van der Waals surface area (Å²) in [7, 11) is 8.43. The maximum absolute atomic E-state index is 8.80. The summed E-state index contributed by atoms with van der Waals surface area (Å²) in [5, 5.41) is 8.80. The van der Waals surface area contributed by atoms with Gasteiger partial charge >= 0.3 is 0 Å². The van der Waals surface area contributed by atoms with Crippen molar-refractivity contribution in [1.29, 1.82) is 5.26 Å². The molecule has 0 radical (unpaired) electrons. The lowest BCUT2D eigenvalue weighted by Gasteiger charge is -2.43. The lowest BCUT2D eigenvalue weighted by atomic mass is 10.2. The summed E-state index contributed by atoms with van der Waals surface area (Å²) in [6.07, 6.45) is 3.53. The van der Waals surface area contributed by atoms with Gasteiger partial charge in [-0.25, -0.2) is 0 Å². The Morgan fingerprint density at radius 1 is 0.941 bits per heavy atom. The van der Waals surface area contributed by atoms with Crippen LogP contribution < -0.4 is 0 Å². The van der Waals surface area contributed by atoms with Crippen LogP contribution in [0.4, 0.5) is 0 Å². The van der Waals surface area contributed by atoms with E-state index in [1.807, 2.05) is 0 Å². The summed E-state index contributed by atoms with van der Waals surface area (Å²) in [4.78, 5) is 6.91. The third-order valence-corrected chi connectivity index (χ3v) is 3.17. The van der Waals surface area contributed by atoms with Crippen LogP contribution in [0.25, 0.3) is 0 Å². The lowest BCUT2D eigenvalue weighted by molar-refractivity contribution is -0.0179. The standard InChI is InChI=1S/C13H28N4/c1-7-12(15(3)4)17(11-9-10-14)13(8-2)16(5)6/h12-13H,7-9,11H2,1-6H3. The van der Waals surface area contributed by atoms with E-state index < -0.39 is 0 Å². The molecule has 0 saturated heterocycles. The molecular weight excluding hydrogens is 212 g/mol. The van der Waals surface area contributed by atoms with Crippen molar-refractivity contribution in [2.75, 3.05) is 34.7 Å². The van der Waals surface area contributed by atoms with Crippen LogP contribution in [-0.4, -0.2) is 61.8 Å². The summed E-state index contributed by atoms with van der Waals surface area (Å²) >= 11 is 0. The molecule has 0 aliphatic heterocycles. The Labute approximate surface area is 107 Å². The van der Waals surface area contributed by atoms with Gasteiger partial charge in [-0.2, -0.15) is 5.26 Å². The van der Waals surface area contributed by atoms with Gasteiger partial charge in [0, 0.05) is 13.0 Å².